The molecule has 0 aliphatic heterocycles. The van der Waals surface area contributed by atoms with Gasteiger partial charge < -0.3 is 10.1 Å². The average Bonchev–Trinajstić information content (AvgIpc) is 3.03. The highest BCUT2D eigenvalue weighted by Crippen LogP contribution is 2.38. The van der Waals surface area contributed by atoms with E-state index >= 15 is 0 Å². The zero-order valence-electron chi connectivity index (χ0n) is 16.7. The van der Waals surface area contributed by atoms with Crippen LogP contribution in [0.5, 0.6) is 0 Å². The molecule has 3 rings (SSSR count). The molecule has 1 aliphatic carbocycles. The molecule has 1 heterocycles. The fourth-order valence-corrected chi connectivity index (χ4v) is 5.54. The lowest BCUT2D eigenvalue weighted by atomic mass is 9.95. The Morgan fingerprint density at radius 3 is 2.67 bits per heavy atom. The lowest BCUT2D eigenvalue weighted by Crippen LogP contribution is -2.37. The number of esters is 1. The number of nitrogens with one attached hydrogen (secondary N) is 1. The first-order valence-electron chi connectivity index (χ1n) is 9.55. The van der Waals surface area contributed by atoms with Crippen LogP contribution in [0.25, 0.3) is 0 Å². The first kappa shape index (κ1) is 22.2. The highest BCUT2D eigenvalue weighted by atomic mass is 32.2. The molecular formula is C20H23FN2O5S2. The van der Waals surface area contributed by atoms with Crippen molar-refractivity contribution in [3.8, 4) is 0 Å². The van der Waals surface area contributed by atoms with Gasteiger partial charge in [0.15, 0.2) is 0 Å². The van der Waals surface area contributed by atoms with Crippen LogP contribution in [-0.4, -0.2) is 39.7 Å². The molecule has 0 radical (unpaired) electrons. The quantitative estimate of drug-likeness (QED) is 0.648. The molecule has 1 N–H and O–H groups in total. The van der Waals surface area contributed by atoms with E-state index in [0.717, 1.165) is 52.8 Å². The van der Waals surface area contributed by atoms with Gasteiger partial charge >= 0.3 is 5.97 Å². The van der Waals surface area contributed by atoms with E-state index in [9.17, 15) is 22.4 Å². The van der Waals surface area contributed by atoms with Crippen molar-refractivity contribution in [3.63, 3.8) is 0 Å². The molecular weight excluding hydrogens is 431 g/mol. The van der Waals surface area contributed by atoms with Crippen molar-refractivity contribution in [2.24, 2.45) is 0 Å². The second-order valence-electron chi connectivity index (χ2n) is 6.93. The minimum Gasteiger partial charge on any atom is -0.462 e. The third kappa shape index (κ3) is 4.99. The van der Waals surface area contributed by atoms with Gasteiger partial charge in [-0.2, -0.15) is 0 Å². The van der Waals surface area contributed by atoms with Crippen LogP contribution in [0.4, 0.5) is 15.1 Å². The largest absolute Gasteiger partial charge is 0.462 e. The Morgan fingerprint density at radius 1 is 1.27 bits per heavy atom. The van der Waals surface area contributed by atoms with E-state index < -0.39 is 34.3 Å². The molecule has 0 fully saturated rings. The minimum absolute atomic E-state index is 0.0451. The molecule has 162 valence electrons. The molecule has 1 aliphatic rings. The molecule has 30 heavy (non-hydrogen) atoms. The molecule has 0 saturated carbocycles. The number of amides is 1. The number of fused-ring (bicyclic) bond motifs is 1. The summed E-state index contributed by atoms with van der Waals surface area (Å²) in [5, 5.41) is 3.03. The Hall–Kier alpha value is -2.46. The summed E-state index contributed by atoms with van der Waals surface area (Å²) in [6, 6.07) is 5.01. The zero-order chi connectivity index (χ0) is 21.9. The first-order chi connectivity index (χ1) is 14.2. The van der Waals surface area contributed by atoms with E-state index in [1.54, 1.807) is 6.92 Å². The number of nitrogens with zero attached hydrogens (tertiary/aromatic N) is 1. The van der Waals surface area contributed by atoms with E-state index in [2.05, 4.69) is 5.32 Å². The van der Waals surface area contributed by atoms with Gasteiger partial charge in [-0.1, -0.05) is 6.07 Å². The van der Waals surface area contributed by atoms with Gasteiger partial charge in [-0.05, 0) is 56.4 Å². The summed E-state index contributed by atoms with van der Waals surface area (Å²) in [6.45, 7) is 1.36. The molecule has 7 nitrogen and oxygen atoms in total. The molecule has 0 saturated heterocycles. The summed E-state index contributed by atoms with van der Waals surface area (Å²) in [4.78, 5) is 26.3. The molecule has 1 aromatic carbocycles. The molecule has 0 bridgehead atoms. The van der Waals surface area contributed by atoms with Gasteiger partial charge in [0, 0.05) is 4.88 Å². The molecule has 10 heteroatoms. The van der Waals surface area contributed by atoms with Crippen LogP contribution in [0.1, 0.15) is 40.6 Å². The molecule has 0 unspecified atom stereocenters. The highest BCUT2D eigenvalue weighted by Gasteiger charge is 2.28. The fraction of sp³-hybridized carbons (Fsp3) is 0.400. The summed E-state index contributed by atoms with van der Waals surface area (Å²) in [5.41, 5.74) is 1.29. The Kier molecular flexibility index (Phi) is 6.77. The van der Waals surface area contributed by atoms with E-state index in [-0.39, 0.29) is 12.3 Å². The zero-order valence-corrected chi connectivity index (χ0v) is 18.4. The first-order valence-corrected chi connectivity index (χ1v) is 12.2. The summed E-state index contributed by atoms with van der Waals surface area (Å²) in [6.07, 6.45) is 4.45. The topological polar surface area (TPSA) is 92.8 Å². The van der Waals surface area contributed by atoms with Gasteiger partial charge in [0.05, 0.1) is 24.1 Å². The number of hydrogen-bond acceptors (Lipinski definition) is 6. The second kappa shape index (κ2) is 9.13. The van der Waals surface area contributed by atoms with E-state index in [4.69, 9.17) is 4.74 Å². The molecule has 1 aromatic heterocycles. The van der Waals surface area contributed by atoms with Crippen molar-refractivity contribution in [1.29, 1.82) is 0 Å². The lowest BCUT2D eigenvalue weighted by Gasteiger charge is -2.21. The number of halogens is 1. The lowest BCUT2D eigenvalue weighted by molar-refractivity contribution is -0.114. The standard InChI is InChI=1S/C20H23FN2O5S2/c1-3-28-20(25)18-15-9-4-5-10-16(15)29-19(18)22-17(24)12-23(30(2,26)27)14-8-6-7-13(21)11-14/h6-8,11H,3-5,9-10,12H2,1-2H3,(H,22,24). The van der Waals surface area contributed by atoms with E-state index in [1.165, 1.54) is 29.5 Å². The van der Waals surface area contributed by atoms with Crippen LogP contribution in [0.3, 0.4) is 0 Å². The maximum Gasteiger partial charge on any atom is 0.341 e. The number of hydrogen-bond donors (Lipinski definition) is 1. The monoisotopic (exact) mass is 454 g/mol. The fourth-order valence-electron chi connectivity index (χ4n) is 3.40. The van der Waals surface area contributed by atoms with Crippen molar-refractivity contribution in [1.82, 2.24) is 0 Å². The Bertz CT molecular complexity index is 1070. The van der Waals surface area contributed by atoms with Crippen LogP contribution in [0.15, 0.2) is 24.3 Å². The Morgan fingerprint density at radius 2 is 2.00 bits per heavy atom. The predicted molar refractivity (Wildman–Crippen MR) is 114 cm³/mol. The summed E-state index contributed by atoms with van der Waals surface area (Å²) < 4.78 is 44.0. The maximum atomic E-state index is 13.6. The molecule has 2 aromatic rings. The number of benzene rings is 1. The normalized spacial score (nSPS) is 13.4. The van der Waals surface area contributed by atoms with Gasteiger partial charge in [0.2, 0.25) is 15.9 Å². The number of anilines is 2. The third-order valence-corrected chi connectivity index (χ3v) is 7.04. The smallest absolute Gasteiger partial charge is 0.341 e. The van der Waals surface area contributed by atoms with E-state index in [1.807, 2.05) is 0 Å². The number of rotatable bonds is 7. The van der Waals surface area contributed by atoms with Crippen molar-refractivity contribution < 1.29 is 27.1 Å². The van der Waals surface area contributed by atoms with Gasteiger partial charge in [-0.15, -0.1) is 11.3 Å². The molecule has 1 amide bonds. The van der Waals surface area contributed by atoms with Gasteiger partial charge in [-0.25, -0.2) is 17.6 Å². The number of sulfonamides is 1. The van der Waals surface area contributed by atoms with Crippen LogP contribution in [0.2, 0.25) is 0 Å². The number of carbonyl (C=O) groups is 2. The molecule has 0 spiro atoms. The van der Waals surface area contributed by atoms with Gasteiger partial charge in [0.1, 0.15) is 17.4 Å². The minimum atomic E-state index is -3.84. The number of ether oxygens (including phenoxy) is 1. The number of aryl methyl sites for hydroxylation is 1. The summed E-state index contributed by atoms with van der Waals surface area (Å²) in [5.74, 6) is -1.75. The van der Waals surface area contributed by atoms with Gasteiger partial charge in [-0.3, -0.25) is 9.10 Å². The Labute approximate surface area is 178 Å². The highest BCUT2D eigenvalue weighted by molar-refractivity contribution is 7.92. The summed E-state index contributed by atoms with van der Waals surface area (Å²) >= 11 is 1.32. The SMILES string of the molecule is CCOC(=O)c1c(NC(=O)CN(c2cccc(F)c2)S(C)(=O)=O)sc2c1CCCC2. The van der Waals surface area contributed by atoms with Crippen molar-refractivity contribution >= 4 is 43.9 Å². The molecule has 0 atom stereocenters. The van der Waals surface area contributed by atoms with Crippen molar-refractivity contribution in [3.05, 3.63) is 46.1 Å². The third-order valence-electron chi connectivity index (χ3n) is 4.69. The number of carbonyl (C=O) groups excluding carboxylic acids is 2. The van der Waals surface area contributed by atoms with Crippen LogP contribution in [-0.2, 0) is 32.4 Å². The van der Waals surface area contributed by atoms with Crippen LogP contribution >= 0.6 is 11.3 Å². The predicted octanol–water partition coefficient (Wildman–Crippen LogP) is 3.35. The van der Waals surface area contributed by atoms with Crippen LogP contribution < -0.4 is 9.62 Å². The van der Waals surface area contributed by atoms with Gasteiger partial charge in [0.25, 0.3) is 0 Å². The van der Waals surface area contributed by atoms with E-state index in [0.29, 0.717) is 10.6 Å². The number of thiophene rings is 1. The Balaban J connectivity index is 1.88. The maximum absolute atomic E-state index is 13.6. The van der Waals surface area contributed by atoms with Crippen LogP contribution in [0, 0.1) is 5.82 Å². The van der Waals surface area contributed by atoms with Crippen molar-refractivity contribution in [2.45, 2.75) is 32.6 Å². The summed E-state index contributed by atoms with van der Waals surface area (Å²) in [7, 11) is -3.84. The van der Waals surface area contributed by atoms with Crippen molar-refractivity contribution in [2.75, 3.05) is 29.0 Å². The average molecular weight is 455 g/mol. The second-order valence-corrected chi connectivity index (χ2v) is 9.95.